The summed E-state index contributed by atoms with van der Waals surface area (Å²) in [5, 5.41) is 11.7. The highest BCUT2D eigenvalue weighted by atomic mass is 16.5. The first-order chi connectivity index (χ1) is 14.0. The normalized spacial score (nSPS) is 11.8. The highest BCUT2D eigenvalue weighted by Gasteiger charge is 2.27. The Morgan fingerprint density at radius 3 is 2.52 bits per heavy atom. The fourth-order valence-corrected chi connectivity index (χ4v) is 3.68. The molecule has 0 aliphatic carbocycles. The quantitative estimate of drug-likeness (QED) is 0.488. The van der Waals surface area contributed by atoms with Crippen LogP contribution >= 0.6 is 0 Å². The van der Waals surface area contributed by atoms with Gasteiger partial charge >= 0.3 is 5.97 Å². The van der Waals surface area contributed by atoms with Crippen molar-refractivity contribution in [1.82, 2.24) is 9.55 Å². The minimum absolute atomic E-state index is 0.483. The number of pyridine rings is 1. The maximum absolute atomic E-state index is 11.3. The Balaban J connectivity index is 1.46. The predicted molar refractivity (Wildman–Crippen MR) is 114 cm³/mol. The van der Waals surface area contributed by atoms with Crippen LogP contribution in [0.25, 0.3) is 21.8 Å². The standard InChI is InChI=1S/C24H24N2O3/c1-24(2,23(27)28)15-17-7-9-18(10-8-17)29-14-13-26-21-6-4-3-5-19(21)20-11-12-25-16-22(20)26/h3-12,16H,13-15H2,1-2H3,(H,27,28). The molecule has 0 atom stereocenters. The molecule has 29 heavy (non-hydrogen) atoms. The molecule has 0 saturated heterocycles. The zero-order valence-corrected chi connectivity index (χ0v) is 16.6. The lowest BCUT2D eigenvalue weighted by Crippen LogP contribution is -2.26. The van der Waals surface area contributed by atoms with E-state index in [9.17, 15) is 9.90 Å². The summed E-state index contributed by atoms with van der Waals surface area (Å²) in [7, 11) is 0. The van der Waals surface area contributed by atoms with Gasteiger partial charge in [0.05, 0.1) is 23.7 Å². The fraction of sp³-hybridized carbons (Fsp3) is 0.250. The molecular weight excluding hydrogens is 364 g/mol. The predicted octanol–water partition coefficient (Wildman–Crippen LogP) is 4.92. The average Bonchev–Trinajstić information content (AvgIpc) is 3.03. The molecule has 5 nitrogen and oxygen atoms in total. The molecule has 2 aromatic heterocycles. The molecule has 0 amide bonds. The number of rotatable bonds is 7. The van der Waals surface area contributed by atoms with Crippen LogP contribution in [0, 0.1) is 5.41 Å². The van der Waals surface area contributed by atoms with Crippen molar-refractivity contribution in [2.24, 2.45) is 5.41 Å². The molecule has 4 rings (SSSR count). The number of carboxylic acids is 1. The maximum Gasteiger partial charge on any atom is 0.309 e. The van der Waals surface area contributed by atoms with Crippen LogP contribution in [0.4, 0.5) is 0 Å². The highest BCUT2D eigenvalue weighted by Crippen LogP contribution is 2.28. The number of ether oxygens (including phenoxy) is 1. The second-order valence-corrected chi connectivity index (χ2v) is 7.92. The van der Waals surface area contributed by atoms with Crippen LogP contribution < -0.4 is 4.74 Å². The van der Waals surface area contributed by atoms with Crippen molar-refractivity contribution in [3.05, 3.63) is 72.6 Å². The van der Waals surface area contributed by atoms with Crippen molar-refractivity contribution in [3.8, 4) is 5.75 Å². The number of nitrogens with zero attached hydrogens (tertiary/aromatic N) is 2. The minimum atomic E-state index is -0.793. The van der Waals surface area contributed by atoms with Crippen LogP contribution in [0.1, 0.15) is 19.4 Å². The Kier molecular flexibility index (Phi) is 4.97. The van der Waals surface area contributed by atoms with E-state index in [0.717, 1.165) is 16.8 Å². The van der Waals surface area contributed by atoms with Gasteiger partial charge in [-0.1, -0.05) is 30.3 Å². The third kappa shape index (κ3) is 3.81. The fourth-order valence-electron chi connectivity index (χ4n) is 3.68. The molecule has 0 saturated carbocycles. The first-order valence-electron chi connectivity index (χ1n) is 9.72. The molecule has 0 fully saturated rings. The number of benzene rings is 2. The third-order valence-electron chi connectivity index (χ3n) is 5.31. The molecule has 0 aliphatic heterocycles. The summed E-state index contributed by atoms with van der Waals surface area (Å²) in [6.07, 6.45) is 4.20. The summed E-state index contributed by atoms with van der Waals surface area (Å²) in [6, 6.07) is 18.1. The van der Waals surface area contributed by atoms with Gasteiger partial charge in [0.2, 0.25) is 0 Å². The molecule has 148 valence electrons. The Labute approximate surface area is 169 Å². The molecule has 0 unspecified atom stereocenters. The molecule has 0 aliphatic rings. The summed E-state index contributed by atoms with van der Waals surface area (Å²) in [6.45, 7) is 4.72. The van der Waals surface area contributed by atoms with Gasteiger partial charge in [0.25, 0.3) is 0 Å². The van der Waals surface area contributed by atoms with Crippen molar-refractivity contribution in [1.29, 1.82) is 0 Å². The van der Waals surface area contributed by atoms with Gasteiger partial charge < -0.3 is 14.4 Å². The number of hydrogen-bond acceptors (Lipinski definition) is 3. The summed E-state index contributed by atoms with van der Waals surface area (Å²) < 4.78 is 8.19. The number of carbonyl (C=O) groups is 1. The van der Waals surface area contributed by atoms with E-state index in [2.05, 4.69) is 27.8 Å². The second kappa shape index (κ2) is 7.59. The van der Waals surface area contributed by atoms with Crippen molar-refractivity contribution >= 4 is 27.8 Å². The van der Waals surface area contributed by atoms with Gasteiger partial charge in [0.1, 0.15) is 12.4 Å². The summed E-state index contributed by atoms with van der Waals surface area (Å²) in [4.78, 5) is 15.6. The first kappa shape index (κ1) is 19.0. The van der Waals surface area contributed by atoms with Crippen LogP contribution in [0.15, 0.2) is 67.0 Å². The maximum atomic E-state index is 11.3. The van der Waals surface area contributed by atoms with Gasteiger partial charge in [0, 0.05) is 22.5 Å². The van der Waals surface area contributed by atoms with Crippen LogP contribution in [-0.2, 0) is 17.8 Å². The molecule has 0 bridgehead atoms. The topological polar surface area (TPSA) is 64.4 Å². The largest absolute Gasteiger partial charge is 0.492 e. The number of hydrogen-bond donors (Lipinski definition) is 1. The number of fused-ring (bicyclic) bond motifs is 3. The molecular formula is C24H24N2O3. The monoisotopic (exact) mass is 388 g/mol. The summed E-state index contributed by atoms with van der Waals surface area (Å²) >= 11 is 0. The molecule has 4 aromatic rings. The molecule has 1 N–H and O–H groups in total. The summed E-state index contributed by atoms with van der Waals surface area (Å²) in [5.74, 6) is -0.0146. The number of aliphatic carboxylic acids is 1. The van der Waals surface area contributed by atoms with Gasteiger partial charge in [-0.25, -0.2) is 0 Å². The van der Waals surface area contributed by atoms with Gasteiger partial charge in [-0.2, -0.15) is 0 Å². The van der Waals surface area contributed by atoms with Crippen LogP contribution in [0.2, 0.25) is 0 Å². The van der Waals surface area contributed by atoms with Crippen LogP contribution in [0.5, 0.6) is 5.75 Å². The van der Waals surface area contributed by atoms with E-state index >= 15 is 0 Å². The van der Waals surface area contributed by atoms with E-state index in [0.29, 0.717) is 19.6 Å². The Bertz CT molecular complexity index is 1110. The van der Waals surface area contributed by atoms with E-state index in [1.165, 1.54) is 16.3 Å². The van der Waals surface area contributed by atoms with Gasteiger partial charge in [-0.05, 0) is 50.1 Å². The first-order valence-corrected chi connectivity index (χ1v) is 9.72. The second-order valence-electron chi connectivity index (χ2n) is 7.92. The lowest BCUT2D eigenvalue weighted by molar-refractivity contribution is -0.146. The summed E-state index contributed by atoms with van der Waals surface area (Å²) in [5.41, 5.74) is 2.47. The Hall–Kier alpha value is -3.34. The Morgan fingerprint density at radius 1 is 1.03 bits per heavy atom. The van der Waals surface area contributed by atoms with E-state index < -0.39 is 11.4 Å². The van der Waals surface area contributed by atoms with E-state index in [1.807, 2.05) is 48.8 Å². The lowest BCUT2D eigenvalue weighted by Gasteiger charge is -2.19. The van der Waals surface area contributed by atoms with Crippen molar-refractivity contribution in [2.45, 2.75) is 26.8 Å². The minimum Gasteiger partial charge on any atom is -0.492 e. The average molecular weight is 388 g/mol. The van der Waals surface area contributed by atoms with Gasteiger partial charge in [-0.3, -0.25) is 9.78 Å². The zero-order valence-electron chi connectivity index (χ0n) is 16.6. The van der Waals surface area contributed by atoms with Crippen molar-refractivity contribution in [3.63, 3.8) is 0 Å². The van der Waals surface area contributed by atoms with Crippen LogP contribution in [0.3, 0.4) is 0 Å². The molecule has 2 heterocycles. The van der Waals surface area contributed by atoms with Crippen molar-refractivity contribution in [2.75, 3.05) is 6.61 Å². The van der Waals surface area contributed by atoms with Crippen molar-refractivity contribution < 1.29 is 14.6 Å². The third-order valence-corrected chi connectivity index (χ3v) is 5.31. The number of para-hydroxylation sites is 1. The van der Waals surface area contributed by atoms with E-state index in [4.69, 9.17) is 4.74 Å². The Morgan fingerprint density at radius 2 is 1.76 bits per heavy atom. The van der Waals surface area contributed by atoms with E-state index in [1.54, 1.807) is 13.8 Å². The highest BCUT2D eigenvalue weighted by molar-refractivity contribution is 6.07. The molecule has 0 spiro atoms. The lowest BCUT2D eigenvalue weighted by atomic mass is 9.86. The number of carboxylic acid groups (broad SMARTS) is 1. The smallest absolute Gasteiger partial charge is 0.309 e. The van der Waals surface area contributed by atoms with E-state index in [-0.39, 0.29) is 0 Å². The SMILES string of the molecule is CC(C)(Cc1ccc(OCCn2c3ccccc3c3ccncc32)cc1)C(=O)O. The molecule has 0 radical (unpaired) electrons. The zero-order chi connectivity index (χ0) is 20.4. The van der Waals surface area contributed by atoms with Gasteiger partial charge in [-0.15, -0.1) is 0 Å². The van der Waals surface area contributed by atoms with Crippen LogP contribution in [-0.4, -0.2) is 27.2 Å². The van der Waals surface area contributed by atoms with Gasteiger partial charge in [0.15, 0.2) is 0 Å². The molecule has 2 aromatic carbocycles. The molecule has 5 heteroatoms. The number of aromatic nitrogens is 2.